The predicted octanol–water partition coefficient (Wildman–Crippen LogP) is 2.02. The van der Waals surface area contributed by atoms with Crippen LogP contribution in [0, 0.1) is 12.8 Å². The summed E-state index contributed by atoms with van der Waals surface area (Å²) in [5, 5.41) is 15.5. The summed E-state index contributed by atoms with van der Waals surface area (Å²) >= 11 is 0. The molecule has 3 heterocycles. The summed E-state index contributed by atoms with van der Waals surface area (Å²) in [5.74, 6) is 1.95. The number of amides is 1. The molecule has 0 radical (unpaired) electrons. The first-order chi connectivity index (χ1) is 14.1. The zero-order valence-electron chi connectivity index (χ0n) is 16.8. The minimum absolute atomic E-state index is 0.0456. The van der Waals surface area contributed by atoms with E-state index in [1.165, 1.54) is 5.56 Å². The molecule has 8 nitrogen and oxygen atoms in total. The fourth-order valence-corrected chi connectivity index (χ4v) is 3.83. The van der Waals surface area contributed by atoms with Gasteiger partial charge in [0.2, 0.25) is 5.91 Å². The van der Waals surface area contributed by atoms with E-state index < -0.39 is 0 Å². The summed E-state index contributed by atoms with van der Waals surface area (Å²) in [6, 6.07) is 9.99. The Morgan fingerprint density at radius 3 is 2.86 bits per heavy atom. The van der Waals surface area contributed by atoms with Gasteiger partial charge in [-0.25, -0.2) is 0 Å². The molecule has 2 aromatic heterocycles. The number of hydrogen-bond acceptors (Lipinski definition) is 6. The van der Waals surface area contributed by atoms with Crippen LogP contribution >= 0.6 is 0 Å². The molecule has 3 aromatic rings. The van der Waals surface area contributed by atoms with Crippen LogP contribution in [0.4, 0.5) is 5.82 Å². The number of carbonyl (C=O) groups is 1. The second kappa shape index (κ2) is 8.46. The highest BCUT2D eigenvalue weighted by Crippen LogP contribution is 2.23. The maximum Gasteiger partial charge on any atom is 0.223 e. The Kier molecular flexibility index (Phi) is 5.59. The van der Waals surface area contributed by atoms with Crippen molar-refractivity contribution < 1.29 is 9.53 Å². The van der Waals surface area contributed by atoms with E-state index in [4.69, 9.17) is 4.74 Å². The molecule has 1 saturated heterocycles. The standard InChI is InChI=1S/C21H26N6O2/c1-15-3-4-18(29-2)17(13-15)7-10-22-21(28)16-8-11-26(12-9-16)20-6-5-19-24-23-14-27(19)25-20/h3-6,13-14,16H,7-12H2,1-2H3,(H,22,28). The van der Waals surface area contributed by atoms with Gasteiger partial charge < -0.3 is 15.0 Å². The van der Waals surface area contributed by atoms with Crippen LogP contribution < -0.4 is 15.0 Å². The molecule has 1 amide bonds. The van der Waals surface area contributed by atoms with Crippen LogP contribution in [0.2, 0.25) is 0 Å². The van der Waals surface area contributed by atoms with E-state index in [1.807, 2.05) is 24.3 Å². The normalized spacial score (nSPS) is 14.9. The van der Waals surface area contributed by atoms with Gasteiger partial charge in [0, 0.05) is 25.6 Å². The van der Waals surface area contributed by atoms with Crippen molar-refractivity contribution >= 4 is 17.4 Å². The lowest BCUT2D eigenvalue weighted by atomic mass is 9.96. The van der Waals surface area contributed by atoms with Crippen LogP contribution in [0.25, 0.3) is 5.65 Å². The average molecular weight is 394 g/mol. The summed E-state index contributed by atoms with van der Waals surface area (Å²) in [6.45, 7) is 4.30. The number of nitrogens with one attached hydrogen (secondary N) is 1. The van der Waals surface area contributed by atoms with E-state index in [-0.39, 0.29) is 11.8 Å². The highest BCUT2D eigenvalue weighted by atomic mass is 16.5. The summed E-state index contributed by atoms with van der Waals surface area (Å²) in [7, 11) is 1.68. The van der Waals surface area contributed by atoms with E-state index in [2.05, 4.69) is 38.5 Å². The third-order valence-electron chi connectivity index (χ3n) is 5.47. The largest absolute Gasteiger partial charge is 0.496 e. The van der Waals surface area contributed by atoms with Gasteiger partial charge in [-0.2, -0.15) is 4.52 Å². The molecule has 1 aliphatic heterocycles. The molecule has 0 bridgehead atoms. The lowest BCUT2D eigenvalue weighted by molar-refractivity contribution is -0.125. The van der Waals surface area contributed by atoms with Crippen molar-refractivity contribution in [1.29, 1.82) is 0 Å². The maximum atomic E-state index is 12.6. The number of piperidine rings is 1. The number of fused-ring (bicyclic) bond motifs is 1. The number of nitrogens with zero attached hydrogens (tertiary/aromatic N) is 5. The Morgan fingerprint density at radius 2 is 2.07 bits per heavy atom. The van der Waals surface area contributed by atoms with Crippen molar-refractivity contribution in [2.75, 3.05) is 31.6 Å². The molecule has 0 saturated carbocycles. The molecular weight excluding hydrogens is 368 g/mol. The van der Waals surface area contributed by atoms with E-state index in [9.17, 15) is 4.79 Å². The van der Waals surface area contributed by atoms with E-state index in [0.717, 1.165) is 55.1 Å². The van der Waals surface area contributed by atoms with Gasteiger partial charge in [-0.15, -0.1) is 15.3 Å². The highest BCUT2D eigenvalue weighted by Gasteiger charge is 2.25. The lowest BCUT2D eigenvalue weighted by Gasteiger charge is -2.32. The van der Waals surface area contributed by atoms with Gasteiger partial charge in [0.25, 0.3) is 0 Å². The van der Waals surface area contributed by atoms with Crippen molar-refractivity contribution in [3.05, 3.63) is 47.8 Å². The van der Waals surface area contributed by atoms with Gasteiger partial charge in [0.05, 0.1) is 7.11 Å². The average Bonchev–Trinajstić information content (AvgIpc) is 3.22. The molecule has 1 fully saturated rings. The maximum absolute atomic E-state index is 12.6. The number of ether oxygens (including phenoxy) is 1. The van der Waals surface area contributed by atoms with Gasteiger partial charge >= 0.3 is 0 Å². The van der Waals surface area contributed by atoms with Crippen LogP contribution in [0.15, 0.2) is 36.7 Å². The number of aromatic nitrogens is 4. The first-order valence-electron chi connectivity index (χ1n) is 9.97. The SMILES string of the molecule is COc1ccc(C)cc1CCNC(=O)C1CCN(c2ccc3nncn3n2)CC1. The van der Waals surface area contributed by atoms with E-state index in [0.29, 0.717) is 6.54 Å². The Morgan fingerprint density at radius 1 is 1.24 bits per heavy atom. The molecule has 0 atom stereocenters. The molecule has 0 spiro atoms. The monoisotopic (exact) mass is 394 g/mol. The fraction of sp³-hybridized carbons (Fsp3) is 0.429. The van der Waals surface area contributed by atoms with E-state index >= 15 is 0 Å². The van der Waals surface area contributed by atoms with Crippen molar-refractivity contribution in [3.8, 4) is 5.75 Å². The van der Waals surface area contributed by atoms with Crippen LogP contribution in [-0.2, 0) is 11.2 Å². The first kappa shape index (κ1) is 19.2. The Labute approximate surface area is 169 Å². The molecular formula is C21H26N6O2. The minimum atomic E-state index is 0.0456. The topological polar surface area (TPSA) is 84.6 Å². The third-order valence-corrected chi connectivity index (χ3v) is 5.47. The number of carbonyl (C=O) groups excluding carboxylic acids is 1. The number of benzene rings is 1. The van der Waals surface area contributed by atoms with E-state index in [1.54, 1.807) is 18.0 Å². The highest BCUT2D eigenvalue weighted by molar-refractivity contribution is 5.79. The Balaban J connectivity index is 1.27. The molecule has 1 aliphatic rings. The van der Waals surface area contributed by atoms with Crippen molar-refractivity contribution in [2.45, 2.75) is 26.2 Å². The van der Waals surface area contributed by atoms with Crippen LogP contribution in [0.1, 0.15) is 24.0 Å². The Bertz CT molecular complexity index is 994. The number of anilines is 1. The molecule has 1 N–H and O–H groups in total. The number of aryl methyl sites for hydroxylation is 1. The van der Waals surface area contributed by atoms with Crippen molar-refractivity contribution in [3.63, 3.8) is 0 Å². The van der Waals surface area contributed by atoms with Gasteiger partial charge in [0.15, 0.2) is 5.65 Å². The molecule has 0 unspecified atom stereocenters. The predicted molar refractivity (Wildman–Crippen MR) is 110 cm³/mol. The minimum Gasteiger partial charge on any atom is -0.496 e. The Hall–Kier alpha value is -3.16. The van der Waals surface area contributed by atoms with Gasteiger partial charge in [-0.3, -0.25) is 4.79 Å². The zero-order chi connectivity index (χ0) is 20.2. The number of rotatable bonds is 6. The first-order valence-corrected chi connectivity index (χ1v) is 9.97. The summed E-state index contributed by atoms with van der Waals surface area (Å²) in [5.41, 5.74) is 3.05. The molecule has 29 heavy (non-hydrogen) atoms. The summed E-state index contributed by atoms with van der Waals surface area (Å²) in [6.07, 6.45) is 4.00. The third kappa shape index (κ3) is 4.31. The van der Waals surface area contributed by atoms with Crippen molar-refractivity contribution in [2.24, 2.45) is 5.92 Å². The van der Waals surface area contributed by atoms with Crippen LogP contribution in [-0.4, -0.2) is 52.5 Å². The second-order valence-electron chi connectivity index (χ2n) is 7.44. The second-order valence-corrected chi connectivity index (χ2v) is 7.44. The molecule has 1 aromatic carbocycles. The molecule has 4 rings (SSSR count). The van der Waals surface area contributed by atoms with Gasteiger partial charge in [0.1, 0.15) is 17.9 Å². The van der Waals surface area contributed by atoms with Crippen LogP contribution in [0.5, 0.6) is 5.75 Å². The fourth-order valence-electron chi connectivity index (χ4n) is 3.83. The van der Waals surface area contributed by atoms with Gasteiger partial charge in [-0.1, -0.05) is 17.7 Å². The van der Waals surface area contributed by atoms with Gasteiger partial charge in [-0.05, 0) is 49.9 Å². The van der Waals surface area contributed by atoms with Crippen LogP contribution in [0.3, 0.4) is 0 Å². The number of methoxy groups -OCH3 is 1. The summed E-state index contributed by atoms with van der Waals surface area (Å²) < 4.78 is 7.09. The quantitative estimate of drug-likeness (QED) is 0.689. The molecule has 152 valence electrons. The molecule has 8 heteroatoms. The smallest absolute Gasteiger partial charge is 0.223 e. The lowest BCUT2D eigenvalue weighted by Crippen LogP contribution is -2.41. The number of hydrogen-bond donors (Lipinski definition) is 1. The summed E-state index contributed by atoms with van der Waals surface area (Å²) in [4.78, 5) is 14.8. The molecule has 0 aliphatic carbocycles. The zero-order valence-corrected chi connectivity index (χ0v) is 16.8. The van der Waals surface area contributed by atoms with Crippen molar-refractivity contribution in [1.82, 2.24) is 25.1 Å².